The van der Waals surface area contributed by atoms with Crippen LogP contribution < -0.4 is 11.1 Å². The molecular formula is C17H29N3O2. The van der Waals surface area contributed by atoms with Gasteiger partial charge in [-0.3, -0.25) is 0 Å². The lowest BCUT2D eigenvalue weighted by atomic mass is 9.77. The number of ether oxygens (including phenoxy) is 2. The van der Waals surface area contributed by atoms with Gasteiger partial charge in [0.25, 0.3) is 0 Å². The monoisotopic (exact) mass is 307 g/mol. The SMILES string of the molecule is CC1CCC(C2(OCC3CCCCO3)C=CNC(N)=N2)CC1. The van der Waals surface area contributed by atoms with Gasteiger partial charge in [-0.25, -0.2) is 4.99 Å². The Labute approximate surface area is 133 Å². The van der Waals surface area contributed by atoms with E-state index < -0.39 is 5.72 Å². The van der Waals surface area contributed by atoms with Crippen molar-refractivity contribution in [3.05, 3.63) is 12.3 Å². The Bertz CT molecular complexity index is 424. The van der Waals surface area contributed by atoms with Gasteiger partial charge in [-0.15, -0.1) is 0 Å². The van der Waals surface area contributed by atoms with Crippen LogP contribution in [0.3, 0.4) is 0 Å². The molecule has 1 saturated heterocycles. The van der Waals surface area contributed by atoms with Crippen LogP contribution in [0.25, 0.3) is 0 Å². The second kappa shape index (κ2) is 7.01. The maximum Gasteiger partial charge on any atom is 0.195 e. The Balaban J connectivity index is 1.69. The molecule has 0 aromatic rings. The zero-order valence-electron chi connectivity index (χ0n) is 13.6. The molecule has 3 rings (SSSR count). The molecular weight excluding hydrogens is 278 g/mol. The van der Waals surface area contributed by atoms with Crippen molar-refractivity contribution >= 4 is 5.96 Å². The molecule has 2 atom stereocenters. The highest BCUT2D eigenvalue weighted by Gasteiger charge is 2.41. The van der Waals surface area contributed by atoms with E-state index in [0.717, 1.165) is 38.2 Å². The number of nitrogens with two attached hydrogens (primary N) is 1. The molecule has 5 heteroatoms. The third kappa shape index (κ3) is 3.63. The average Bonchev–Trinajstić information content (AvgIpc) is 2.55. The number of aliphatic imine (C=N–C) groups is 1. The van der Waals surface area contributed by atoms with E-state index >= 15 is 0 Å². The van der Waals surface area contributed by atoms with Crippen molar-refractivity contribution in [2.75, 3.05) is 13.2 Å². The highest BCUT2D eigenvalue weighted by Crippen LogP contribution is 2.40. The number of hydrogen-bond donors (Lipinski definition) is 2. The van der Waals surface area contributed by atoms with Crippen molar-refractivity contribution in [3.63, 3.8) is 0 Å². The summed E-state index contributed by atoms with van der Waals surface area (Å²) in [6, 6.07) is 0. The Morgan fingerprint density at radius 2 is 2.14 bits per heavy atom. The molecule has 0 bridgehead atoms. The summed E-state index contributed by atoms with van der Waals surface area (Å²) in [5.41, 5.74) is 5.33. The lowest BCUT2D eigenvalue weighted by Crippen LogP contribution is -2.47. The fourth-order valence-corrected chi connectivity index (χ4v) is 3.77. The van der Waals surface area contributed by atoms with Gasteiger partial charge in [-0.2, -0.15) is 0 Å². The molecule has 0 aromatic heterocycles. The van der Waals surface area contributed by atoms with E-state index in [-0.39, 0.29) is 6.10 Å². The molecule has 124 valence electrons. The predicted molar refractivity (Wildman–Crippen MR) is 87.3 cm³/mol. The largest absolute Gasteiger partial charge is 0.376 e. The van der Waals surface area contributed by atoms with Crippen molar-refractivity contribution in [3.8, 4) is 0 Å². The molecule has 0 aromatic carbocycles. The molecule has 0 amide bonds. The first-order valence-corrected chi connectivity index (χ1v) is 8.73. The zero-order chi connectivity index (χ0) is 15.4. The fraction of sp³-hybridized carbons (Fsp3) is 0.824. The van der Waals surface area contributed by atoms with Crippen molar-refractivity contribution < 1.29 is 9.47 Å². The van der Waals surface area contributed by atoms with E-state index in [0.29, 0.717) is 18.5 Å². The molecule has 2 heterocycles. The zero-order valence-corrected chi connectivity index (χ0v) is 13.6. The van der Waals surface area contributed by atoms with Gasteiger partial charge in [0.05, 0.1) is 12.7 Å². The van der Waals surface area contributed by atoms with Crippen LogP contribution in [0.15, 0.2) is 17.3 Å². The smallest absolute Gasteiger partial charge is 0.195 e. The predicted octanol–water partition coefficient (Wildman–Crippen LogP) is 2.53. The van der Waals surface area contributed by atoms with Gasteiger partial charge in [0.2, 0.25) is 0 Å². The first kappa shape index (κ1) is 15.8. The summed E-state index contributed by atoms with van der Waals surface area (Å²) in [5.74, 6) is 1.66. The lowest BCUT2D eigenvalue weighted by molar-refractivity contribution is -0.112. The van der Waals surface area contributed by atoms with Crippen LogP contribution >= 0.6 is 0 Å². The minimum absolute atomic E-state index is 0.202. The topological polar surface area (TPSA) is 68.9 Å². The third-order valence-corrected chi connectivity index (χ3v) is 5.22. The maximum absolute atomic E-state index is 6.34. The summed E-state index contributed by atoms with van der Waals surface area (Å²) in [6.45, 7) is 3.79. The number of guanidine groups is 1. The second-order valence-corrected chi connectivity index (χ2v) is 6.98. The van der Waals surface area contributed by atoms with Crippen LogP contribution in [0.5, 0.6) is 0 Å². The summed E-state index contributed by atoms with van der Waals surface area (Å²) < 4.78 is 12.1. The van der Waals surface area contributed by atoms with Gasteiger partial charge in [0.15, 0.2) is 11.7 Å². The summed E-state index contributed by atoms with van der Waals surface area (Å²) in [4.78, 5) is 4.67. The number of rotatable bonds is 4. The number of nitrogens with zero attached hydrogens (tertiary/aromatic N) is 1. The van der Waals surface area contributed by atoms with Crippen LogP contribution in [0, 0.1) is 11.8 Å². The molecule has 5 nitrogen and oxygen atoms in total. The van der Waals surface area contributed by atoms with Gasteiger partial charge in [0, 0.05) is 18.7 Å². The van der Waals surface area contributed by atoms with Crippen molar-refractivity contribution in [2.45, 2.75) is 63.7 Å². The van der Waals surface area contributed by atoms with Crippen molar-refractivity contribution in [1.29, 1.82) is 0 Å². The Kier molecular flexibility index (Phi) is 5.03. The Morgan fingerprint density at radius 1 is 1.32 bits per heavy atom. The van der Waals surface area contributed by atoms with Gasteiger partial charge >= 0.3 is 0 Å². The normalized spacial score (nSPS) is 39.1. The van der Waals surface area contributed by atoms with Gasteiger partial charge in [-0.05, 0) is 44.1 Å². The van der Waals surface area contributed by atoms with Crippen LogP contribution in [0.1, 0.15) is 51.9 Å². The molecule has 2 aliphatic heterocycles. The minimum atomic E-state index is -0.601. The number of hydrogen-bond acceptors (Lipinski definition) is 5. The Hall–Kier alpha value is -1.07. The summed E-state index contributed by atoms with van der Waals surface area (Å²) >= 11 is 0. The maximum atomic E-state index is 6.34. The highest BCUT2D eigenvalue weighted by atomic mass is 16.6. The highest BCUT2D eigenvalue weighted by molar-refractivity contribution is 5.80. The van der Waals surface area contributed by atoms with Gasteiger partial charge < -0.3 is 20.5 Å². The van der Waals surface area contributed by atoms with E-state index in [1.807, 2.05) is 12.3 Å². The van der Waals surface area contributed by atoms with E-state index in [9.17, 15) is 0 Å². The standard InChI is InChI=1S/C17H29N3O2/c1-13-5-7-14(8-6-13)17(9-10-19-16(18)20-17)22-12-15-4-2-3-11-21-15/h9-10,13-15H,2-8,11-12H2,1H3,(H3,18,19,20). The third-order valence-electron chi connectivity index (χ3n) is 5.22. The van der Waals surface area contributed by atoms with Crippen molar-refractivity contribution in [2.24, 2.45) is 22.6 Å². The lowest BCUT2D eigenvalue weighted by Gasteiger charge is -2.41. The number of nitrogens with one attached hydrogen (secondary N) is 1. The summed E-state index contributed by atoms with van der Waals surface area (Å²) in [7, 11) is 0. The van der Waals surface area contributed by atoms with E-state index in [4.69, 9.17) is 15.2 Å². The molecule has 3 N–H and O–H groups in total. The van der Waals surface area contributed by atoms with E-state index in [1.54, 1.807) is 0 Å². The van der Waals surface area contributed by atoms with Crippen LogP contribution in [-0.2, 0) is 9.47 Å². The second-order valence-electron chi connectivity index (χ2n) is 6.98. The van der Waals surface area contributed by atoms with Gasteiger partial charge in [0.1, 0.15) is 0 Å². The van der Waals surface area contributed by atoms with E-state index in [2.05, 4.69) is 17.2 Å². The summed E-state index contributed by atoms with van der Waals surface area (Å²) in [6.07, 6.45) is 12.4. The molecule has 1 saturated carbocycles. The fourth-order valence-electron chi connectivity index (χ4n) is 3.77. The average molecular weight is 307 g/mol. The first-order chi connectivity index (χ1) is 10.7. The minimum Gasteiger partial charge on any atom is -0.376 e. The molecule has 0 radical (unpaired) electrons. The molecule has 0 spiro atoms. The summed E-state index contributed by atoms with van der Waals surface area (Å²) in [5, 5.41) is 2.96. The molecule has 22 heavy (non-hydrogen) atoms. The molecule has 2 fully saturated rings. The molecule has 2 unspecified atom stereocenters. The van der Waals surface area contributed by atoms with Crippen molar-refractivity contribution in [1.82, 2.24) is 5.32 Å². The van der Waals surface area contributed by atoms with Crippen LogP contribution in [0.4, 0.5) is 0 Å². The van der Waals surface area contributed by atoms with E-state index in [1.165, 1.54) is 19.3 Å². The van der Waals surface area contributed by atoms with Gasteiger partial charge in [-0.1, -0.05) is 19.8 Å². The molecule has 3 aliphatic rings. The van der Waals surface area contributed by atoms with Crippen LogP contribution in [-0.4, -0.2) is 31.0 Å². The molecule has 1 aliphatic carbocycles. The quantitative estimate of drug-likeness (QED) is 0.837. The first-order valence-electron chi connectivity index (χ1n) is 8.73. The van der Waals surface area contributed by atoms with Crippen LogP contribution in [0.2, 0.25) is 0 Å². The Morgan fingerprint density at radius 3 is 2.82 bits per heavy atom.